The van der Waals surface area contributed by atoms with E-state index in [0.29, 0.717) is 49.8 Å². The van der Waals surface area contributed by atoms with Gasteiger partial charge in [-0.3, -0.25) is 9.59 Å². The number of carbonyl (C=O) groups excluding carboxylic acids is 1. The molecule has 15 heteroatoms. The van der Waals surface area contributed by atoms with Crippen LogP contribution in [0.15, 0.2) is 41.3 Å². The number of sulfone groups is 1. The van der Waals surface area contributed by atoms with Crippen LogP contribution in [0.2, 0.25) is 5.02 Å². The lowest BCUT2D eigenvalue weighted by Gasteiger charge is -2.48. The number of alkyl halides is 7. The summed E-state index contributed by atoms with van der Waals surface area (Å²) in [6.45, 7) is 1.57. The van der Waals surface area contributed by atoms with Crippen molar-refractivity contribution in [1.82, 2.24) is 4.90 Å². The number of amides is 1. The van der Waals surface area contributed by atoms with Crippen molar-refractivity contribution in [3.63, 3.8) is 0 Å². The van der Waals surface area contributed by atoms with Crippen LogP contribution in [-0.2, 0) is 36.3 Å². The molecule has 2 aromatic rings. The third-order valence-electron chi connectivity index (χ3n) is 11.4. The Hall–Kier alpha value is -2.87. The van der Waals surface area contributed by atoms with Crippen molar-refractivity contribution in [2.75, 3.05) is 6.54 Å². The number of halogens is 8. The molecule has 0 radical (unpaired) electrons. The highest BCUT2D eigenvalue weighted by Crippen LogP contribution is 2.58. The summed E-state index contributed by atoms with van der Waals surface area (Å²) in [6, 6.07) is 4.56. The van der Waals surface area contributed by atoms with Crippen molar-refractivity contribution in [3.05, 3.63) is 63.7 Å². The van der Waals surface area contributed by atoms with Crippen LogP contribution >= 0.6 is 11.6 Å². The van der Waals surface area contributed by atoms with Gasteiger partial charge in [0.2, 0.25) is 5.91 Å². The van der Waals surface area contributed by atoms with Crippen LogP contribution in [0.3, 0.4) is 0 Å². The highest BCUT2D eigenvalue weighted by Gasteiger charge is 2.74. The Balaban J connectivity index is 1.46. The molecular weight excluding hydrogens is 691 g/mol. The van der Waals surface area contributed by atoms with Crippen molar-refractivity contribution < 1.29 is 53.8 Å². The average Bonchev–Trinajstić information content (AvgIpc) is 3.42. The van der Waals surface area contributed by atoms with E-state index in [-0.39, 0.29) is 65.1 Å². The van der Waals surface area contributed by atoms with Crippen LogP contribution in [-0.4, -0.2) is 55.2 Å². The van der Waals surface area contributed by atoms with E-state index in [9.17, 15) is 49.5 Å². The summed E-state index contributed by atoms with van der Waals surface area (Å²) in [5.74, 6) is -2.06. The average molecular weight is 724 g/mol. The SMILES string of the molecule is Cc1ccc(S(=O)(=O)C23CCN(C(=O)C4CCC5(C(=O)O)CCCC4C5)C2CCc2cc(C(F)(C(F)(F)F)C(F)(F)F)ccc23)cc1Cl. The summed E-state index contributed by atoms with van der Waals surface area (Å²) < 4.78 is 125. The van der Waals surface area contributed by atoms with E-state index < -0.39 is 61.5 Å². The first-order valence-corrected chi connectivity index (χ1v) is 17.6. The van der Waals surface area contributed by atoms with Gasteiger partial charge in [0.05, 0.1) is 16.4 Å². The highest BCUT2D eigenvalue weighted by molar-refractivity contribution is 7.92. The first-order valence-electron chi connectivity index (χ1n) is 15.7. The predicted octanol–water partition coefficient (Wildman–Crippen LogP) is 7.83. The van der Waals surface area contributed by atoms with E-state index in [4.69, 9.17) is 11.6 Å². The number of carbonyl (C=O) groups is 2. The Labute approximate surface area is 277 Å². The molecule has 1 N–H and O–H groups in total. The number of carboxylic acid groups (broad SMARTS) is 1. The largest absolute Gasteiger partial charge is 0.481 e. The molecule has 1 aliphatic heterocycles. The van der Waals surface area contributed by atoms with Crippen LogP contribution in [0.1, 0.15) is 73.6 Å². The summed E-state index contributed by atoms with van der Waals surface area (Å²) in [6.07, 6.45) is -10.6. The molecule has 6 nitrogen and oxygen atoms in total. The predicted molar refractivity (Wildman–Crippen MR) is 160 cm³/mol. The molecule has 3 fully saturated rings. The van der Waals surface area contributed by atoms with Gasteiger partial charge < -0.3 is 10.0 Å². The van der Waals surface area contributed by atoms with Crippen LogP contribution < -0.4 is 0 Å². The number of aliphatic carboxylic acids is 1. The molecule has 1 heterocycles. The molecule has 1 saturated heterocycles. The first-order chi connectivity index (χ1) is 22.2. The minimum atomic E-state index is -6.35. The van der Waals surface area contributed by atoms with Crippen LogP contribution in [0, 0.1) is 24.2 Å². The van der Waals surface area contributed by atoms with Crippen LogP contribution in [0.4, 0.5) is 30.7 Å². The van der Waals surface area contributed by atoms with E-state index in [1.54, 1.807) is 6.92 Å². The molecule has 262 valence electrons. The Morgan fingerprint density at radius 3 is 2.25 bits per heavy atom. The van der Waals surface area contributed by atoms with Gasteiger partial charge in [0.25, 0.3) is 0 Å². The van der Waals surface area contributed by atoms with Gasteiger partial charge in [-0.1, -0.05) is 42.3 Å². The number of fused-ring (bicyclic) bond motifs is 5. The Morgan fingerprint density at radius 1 is 0.938 bits per heavy atom. The fourth-order valence-corrected chi connectivity index (χ4v) is 11.6. The van der Waals surface area contributed by atoms with Gasteiger partial charge in [-0.15, -0.1) is 0 Å². The number of likely N-dealkylation sites (tertiary alicyclic amines) is 1. The quantitative estimate of drug-likeness (QED) is 0.318. The van der Waals surface area contributed by atoms with Gasteiger partial charge in [-0.05, 0) is 93.0 Å². The maximum absolute atomic E-state index is 15.1. The topological polar surface area (TPSA) is 91.8 Å². The zero-order valence-corrected chi connectivity index (χ0v) is 27.3. The van der Waals surface area contributed by atoms with Crippen LogP contribution in [0.25, 0.3) is 0 Å². The van der Waals surface area contributed by atoms with E-state index in [1.165, 1.54) is 23.1 Å². The van der Waals surface area contributed by atoms with Gasteiger partial charge >= 0.3 is 24.0 Å². The van der Waals surface area contributed by atoms with E-state index in [0.717, 1.165) is 6.07 Å². The molecular formula is C33H33ClF7NO5S. The summed E-state index contributed by atoms with van der Waals surface area (Å²) in [5, 5.41) is 10.0. The number of hydrogen-bond acceptors (Lipinski definition) is 4. The van der Waals surface area contributed by atoms with Crippen molar-refractivity contribution in [3.8, 4) is 0 Å². The molecule has 0 aromatic heterocycles. The molecule has 6 rings (SSSR count). The molecule has 48 heavy (non-hydrogen) atoms. The smallest absolute Gasteiger partial charge is 0.435 e. The molecule has 0 spiro atoms. The minimum absolute atomic E-state index is 0.0744. The lowest BCUT2D eigenvalue weighted by atomic mass is 9.58. The Morgan fingerprint density at radius 2 is 1.62 bits per heavy atom. The van der Waals surface area contributed by atoms with Gasteiger partial charge in [0, 0.05) is 23.0 Å². The van der Waals surface area contributed by atoms with Gasteiger partial charge in [0.1, 0.15) is 4.75 Å². The maximum Gasteiger partial charge on any atom is 0.435 e. The number of rotatable bonds is 5. The molecule has 2 bridgehead atoms. The Kier molecular flexibility index (Phi) is 8.25. The third kappa shape index (κ3) is 4.89. The van der Waals surface area contributed by atoms with Gasteiger partial charge in [-0.25, -0.2) is 12.8 Å². The zero-order chi connectivity index (χ0) is 35.2. The molecule has 2 saturated carbocycles. The fourth-order valence-electron chi connectivity index (χ4n) is 8.93. The summed E-state index contributed by atoms with van der Waals surface area (Å²) in [5.41, 5.74) is -8.05. The van der Waals surface area contributed by atoms with E-state index >= 15 is 4.39 Å². The molecule has 3 aliphatic carbocycles. The highest BCUT2D eigenvalue weighted by atomic mass is 35.5. The normalized spacial score (nSPS) is 29.3. The van der Waals surface area contributed by atoms with Crippen molar-refractivity contribution >= 4 is 33.3 Å². The second-order valence-electron chi connectivity index (χ2n) is 13.8. The second kappa shape index (κ2) is 11.3. The van der Waals surface area contributed by atoms with E-state index in [1.807, 2.05) is 0 Å². The molecule has 1 amide bonds. The molecule has 5 atom stereocenters. The van der Waals surface area contributed by atoms with Crippen LogP contribution in [0.5, 0.6) is 0 Å². The summed E-state index contributed by atoms with van der Waals surface area (Å²) in [7, 11) is -4.55. The first kappa shape index (κ1) is 35.0. The molecule has 5 unspecified atom stereocenters. The fraction of sp³-hybridized carbons (Fsp3) is 0.576. The maximum atomic E-state index is 15.1. The summed E-state index contributed by atoms with van der Waals surface area (Å²) >= 11 is 6.29. The van der Waals surface area contributed by atoms with E-state index in [2.05, 4.69) is 0 Å². The standard InChI is InChI=1S/C33H33ClF7NO5S/c1-18-4-7-22(16-25(18)34)48(46,47)30-13-14-42(27(43)23-10-12-29(28(44)45)11-2-3-20(23)17-29)26(30)9-5-19-15-21(6-8-24(19)30)31(35,32(36,37)38)33(39,40)41/h4,6-8,15-16,20,23,26H,2-3,5,9-14,17H2,1H3,(H,44,45). The summed E-state index contributed by atoms with van der Waals surface area (Å²) in [4.78, 5) is 27.7. The number of nitrogens with zero attached hydrogens (tertiary/aromatic N) is 1. The van der Waals surface area contributed by atoms with Crippen molar-refractivity contribution in [2.45, 2.75) is 98.4 Å². The van der Waals surface area contributed by atoms with Crippen molar-refractivity contribution in [1.29, 1.82) is 0 Å². The van der Waals surface area contributed by atoms with Crippen molar-refractivity contribution in [2.24, 2.45) is 17.3 Å². The number of benzene rings is 2. The second-order valence-corrected chi connectivity index (χ2v) is 16.4. The zero-order valence-electron chi connectivity index (χ0n) is 25.7. The van der Waals surface area contributed by atoms with Gasteiger partial charge in [-0.2, -0.15) is 26.3 Å². The minimum Gasteiger partial charge on any atom is -0.481 e. The number of aryl methyl sites for hydroxylation is 2. The number of carboxylic acids is 1. The number of hydrogen-bond donors (Lipinski definition) is 1. The Bertz CT molecular complexity index is 1770. The monoisotopic (exact) mass is 723 g/mol. The lowest BCUT2D eigenvalue weighted by Crippen LogP contribution is -2.55. The molecule has 2 aromatic carbocycles. The molecule has 4 aliphatic rings. The third-order valence-corrected chi connectivity index (χ3v) is 14.4. The van der Waals surface area contributed by atoms with Gasteiger partial charge in [0.15, 0.2) is 9.84 Å². The lowest BCUT2D eigenvalue weighted by molar-refractivity contribution is -0.348.